The molecule has 0 aliphatic heterocycles. The third-order valence-electron chi connectivity index (χ3n) is 4.33. The summed E-state index contributed by atoms with van der Waals surface area (Å²) in [5, 5.41) is 3.90. The number of nitrogens with zero attached hydrogens (tertiary/aromatic N) is 2. The first-order chi connectivity index (χ1) is 9.79. The zero-order chi connectivity index (χ0) is 15.7. The highest BCUT2D eigenvalue weighted by molar-refractivity contribution is 7.89. The maximum atomic E-state index is 12.5. The van der Waals surface area contributed by atoms with Crippen molar-refractivity contribution in [2.45, 2.75) is 49.5 Å². The van der Waals surface area contributed by atoms with Crippen LogP contribution in [0, 0.1) is 5.92 Å². The van der Waals surface area contributed by atoms with Gasteiger partial charge in [-0.3, -0.25) is 4.68 Å². The van der Waals surface area contributed by atoms with Gasteiger partial charge < -0.3 is 5.73 Å². The molecule has 0 unspecified atom stereocenters. The van der Waals surface area contributed by atoms with E-state index in [4.69, 9.17) is 18.0 Å². The van der Waals surface area contributed by atoms with Gasteiger partial charge in [0, 0.05) is 13.2 Å². The number of sulfonamides is 1. The zero-order valence-corrected chi connectivity index (χ0v) is 14.0. The molecule has 0 spiro atoms. The second-order valence-electron chi connectivity index (χ2n) is 5.75. The summed E-state index contributed by atoms with van der Waals surface area (Å²) >= 11 is 5.16. The van der Waals surface area contributed by atoms with Gasteiger partial charge in [-0.05, 0) is 31.6 Å². The average Bonchev–Trinajstić information content (AvgIpc) is 2.86. The quantitative estimate of drug-likeness (QED) is 0.795. The molecule has 0 bridgehead atoms. The molecule has 0 radical (unpaired) electrons. The van der Waals surface area contributed by atoms with Gasteiger partial charge in [-0.15, -0.1) is 0 Å². The molecule has 6 nitrogen and oxygen atoms in total. The summed E-state index contributed by atoms with van der Waals surface area (Å²) in [4.78, 5) is 0.364. The van der Waals surface area contributed by atoms with Crippen molar-refractivity contribution < 1.29 is 8.42 Å². The molecule has 1 saturated carbocycles. The van der Waals surface area contributed by atoms with E-state index in [1.807, 2.05) is 0 Å². The summed E-state index contributed by atoms with van der Waals surface area (Å²) in [6.45, 7) is 2.15. The van der Waals surface area contributed by atoms with Gasteiger partial charge in [0.25, 0.3) is 0 Å². The molecule has 3 N–H and O–H groups in total. The number of hydrogen-bond acceptors (Lipinski definition) is 4. The van der Waals surface area contributed by atoms with Crippen LogP contribution in [0.15, 0.2) is 17.3 Å². The Kier molecular flexibility index (Phi) is 4.69. The van der Waals surface area contributed by atoms with Gasteiger partial charge in [-0.25, -0.2) is 8.42 Å². The molecule has 1 aromatic rings. The van der Waals surface area contributed by atoms with Crippen LogP contribution in [0.3, 0.4) is 0 Å². The smallest absolute Gasteiger partial charge is 0.244 e. The van der Waals surface area contributed by atoms with Crippen LogP contribution in [0.4, 0.5) is 0 Å². The molecule has 1 fully saturated rings. The molecule has 1 aromatic heterocycles. The molecular weight excluding hydrogens is 308 g/mol. The standard InChI is InChI=1S/C13H22N4O2S2/c1-3-10-4-6-13(7-5-10,12(14)20)16-21(18,19)11-8-15-17(2)9-11/h8-10,16H,3-7H2,1-2H3,(H2,14,20). The minimum Gasteiger partial charge on any atom is -0.392 e. The first-order valence-electron chi connectivity index (χ1n) is 7.11. The molecule has 0 aromatic carbocycles. The topological polar surface area (TPSA) is 90.0 Å². The maximum Gasteiger partial charge on any atom is 0.244 e. The predicted octanol–water partition coefficient (Wildman–Crippen LogP) is 1.32. The fourth-order valence-corrected chi connectivity index (χ4v) is 4.57. The van der Waals surface area contributed by atoms with E-state index in [1.165, 1.54) is 17.1 Å². The molecule has 118 valence electrons. The zero-order valence-electron chi connectivity index (χ0n) is 12.4. The van der Waals surface area contributed by atoms with E-state index in [1.54, 1.807) is 7.05 Å². The Hall–Kier alpha value is -0.990. The van der Waals surface area contributed by atoms with Crippen LogP contribution in [-0.4, -0.2) is 28.7 Å². The van der Waals surface area contributed by atoms with Crippen molar-refractivity contribution in [3.8, 4) is 0 Å². The van der Waals surface area contributed by atoms with Crippen molar-refractivity contribution in [1.82, 2.24) is 14.5 Å². The van der Waals surface area contributed by atoms with Gasteiger partial charge in [0.1, 0.15) is 4.90 Å². The molecule has 1 aliphatic carbocycles. The Bertz CT molecular complexity index is 616. The summed E-state index contributed by atoms with van der Waals surface area (Å²) in [5.41, 5.74) is 5.05. The van der Waals surface area contributed by atoms with Crippen molar-refractivity contribution in [2.24, 2.45) is 18.7 Å². The molecule has 1 heterocycles. The third kappa shape index (κ3) is 3.44. The Balaban J connectivity index is 2.23. The molecule has 1 aliphatic rings. The molecule has 0 saturated heterocycles. The molecular formula is C13H22N4O2S2. The minimum absolute atomic E-state index is 0.137. The number of nitrogens with two attached hydrogens (primary N) is 1. The lowest BCUT2D eigenvalue weighted by molar-refractivity contribution is 0.269. The van der Waals surface area contributed by atoms with Crippen LogP contribution in [0.5, 0.6) is 0 Å². The van der Waals surface area contributed by atoms with E-state index in [0.717, 1.165) is 19.3 Å². The number of thiocarbonyl (C=S) groups is 1. The highest BCUT2D eigenvalue weighted by Gasteiger charge is 2.41. The third-order valence-corrected chi connectivity index (χ3v) is 6.21. The number of rotatable bonds is 5. The highest BCUT2D eigenvalue weighted by Crippen LogP contribution is 2.35. The number of aromatic nitrogens is 2. The van der Waals surface area contributed by atoms with Gasteiger partial charge in [-0.1, -0.05) is 25.6 Å². The van der Waals surface area contributed by atoms with Gasteiger partial charge in [0.2, 0.25) is 10.0 Å². The Labute approximate surface area is 131 Å². The van der Waals surface area contributed by atoms with E-state index in [2.05, 4.69) is 16.7 Å². The number of nitrogens with one attached hydrogen (secondary N) is 1. The van der Waals surface area contributed by atoms with Gasteiger partial charge in [-0.2, -0.15) is 9.82 Å². The second-order valence-corrected chi connectivity index (χ2v) is 7.88. The van der Waals surface area contributed by atoms with Crippen LogP contribution in [0.25, 0.3) is 0 Å². The summed E-state index contributed by atoms with van der Waals surface area (Å²) in [7, 11) is -1.99. The minimum atomic E-state index is -3.67. The van der Waals surface area contributed by atoms with Gasteiger partial charge >= 0.3 is 0 Å². The second kappa shape index (κ2) is 6.02. The first kappa shape index (κ1) is 16.4. The van der Waals surface area contributed by atoms with E-state index in [9.17, 15) is 8.42 Å². The molecule has 0 atom stereocenters. The Morgan fingerprint density at radius 3 is 2.62 bits per heavy atom. The largest absolute Gasteiger partial charge is 0.392 e. The van der Waals surface area contributed by atoms with Crippen LogP contribution in [0.1, 0.15) is 39.0 Å². The number of aryl methyl sites for hydroxylation is 1. The van der Waals surface area contributed by atoms with Crippen LogP contribution < -0.4 is 10.5 Å². The van der Waals surface area contributed by atoms with Gasteiger partial charge in [0.05, 0.1) is 16.7 Å². The number of hydrogen-bond donors (Lipinski definition) is 2. The van der Waals surface area contributed by atoms with E-state index in [-0.39, 0.29) is 9.88 Å². The Morgan fingerprint density at radius 1 is 1.57 bits per heavy atom. The van der Waals surface area contributed by atoms with Crippen molar-refractivity contribution in [1.29, 1.82) is 0 Å². The van der Waals surface area contributed by atoms with Gasteiger partial charge in [0.15, 0.2) is 0 Å². The fraction of sp³-hybridized carbons (Fsp3) is 0.692. The summed E-state index contributed by atoms with van der Waals surface area (Å²) in [6, 6.07) is 0. The lowest BCUT2D eigenvalue weighted by Gasteiger charge is -2.39. The monoisotopic (exact) mass is 330 g/mol. The SMILES string of the molecule is CCC1CCC(NS(=O)(=O)c2cnn(C)c2)(C(N)=S)CC1. The van der Waals surface area contributed by atoms with E-state index < -0.39 is 15.6 Å². The average molecular weight is 330 g/mol. The maximum absolute atomic E-state index is 12.5. The summed E-state index contributed by atoms with van der Waals surface area (Å²) in [6.07, 6.45) is 7.07. The van der Waals surface area contributed by atoms with Crippen molar-refractivity contribution in [2.75, 3.05) is 0 Å². The van der Waals surface area contributed by atoms with Crippen LogP contribution in [0.2, 0.25) is 0 Å². The lowest BCUT2D eigenvalue weighted by atomic mass is 9.76. The fourth-order valence-electron chi connectivity index (χ4n) is 2.83. The molecule has 2 rings (SSSR count). The first-order valence-corrected chi connectivity index (χ1v) is 9.01. The van der Waals surface area contributed by atoms with Crippen molar-refractivity contribution >= 4 is 27.2 Å². The predicted molar refractivity (Wildman–Crippen MR) is 85.3 cm³/mol. The highest BCUT2D eigenvalue weighted by atomic mass is 32.2. The molecule has 21 heavy (non-hydrogen) atoms. The summed E-state index contributed by atoms with van der Waals surface area (Å²) < 4.78 is 29.2. The van der Waals surface area contributed by atoms with Crippen molar-refractivity contribution in [3.05, 3.63) is 12.4 Å². The van der Waals surface area contributed by atoms with Crippen LogP contribution in [-0.2, 0) is 17.1 Å². The molecule has 0 amide bonds. The molecule has 8 heteroatoms. The van der Waals surface area contributed by atoms with E-state index >= 15 is 0 Å². The lowest BCUT2D eigenvalue weighted by Crippen LogP contribution is -2.58. The van der Waals surface area contributed by atoms with Crippen molar-refractivity contribution in [3.63, 3.8) is 0 Å². The Morgan fingerprint density at radius 2 is 2.19 bits per heavy atom. The van der Waals surface area contributed by atoms with E-state index in [0.29, 0.717) is 18.8 Å². The summed E-state index contributed by atoms with van der Waals surface area (Å²) in [5.74, 6) is 0.621. The van der Waals surface area contributed by atoms with Crippen LogP contribution >= 0.6 is 12.2 Å². The normalized spacial score (nSPS) is 26.7.